The van der Waals surface area contributed by atoms with Crippen LogP contribution in [0.2, 0.25) is 0 Å². The fraction of sp³-hybridized carbons (Fsp3) is 0.667. The largest absolute Gasteiger partial charge is 0.388 e. The van der Waals surface area contributed by atoms with Crippen LogP contribution in [0.3, 0.4) is 0 Å². The van der Waals surface area contributed by atoms with E-state index in [1.165, 1.54) is 12.1 Å². The number of aliphatic hydroxyl groups excluding tert-OH is 1. The van der Waals surface area contributed by atoms with Gasteiger partial charge in [0, 0.05) is 25.6 Å². The molecule has 0 aliphatic carbocycles. The maximum absolute atomic E-state index is 12.9. The Morgan fingerprint density at radius 2 is 1.97 bits per heavy atom. The van der Waals surface area contributed by atoms with Gasteiger partial charge in [-0.15, -0.1) is 0 Å². The Morgan fingerprint density at radius 3 is 2.69 bits per heavy atom. The SMILES string of the molecule is O=C(C[C@H]1C[C@H]2O[C@H](CNC3CCNCC3)[C@@H](O)[C@H]2O1)NCc1ccc(F)cc1. The number of fused-ring (bicyclic) bond motifs is 1. The summed E-state index contributed by atoms with van der Waals surface area (Å²) in [6, 6.07) is 6.50. The summed E-state index contributed by atoms with van der Waals surface area (Å²) in [5, 5.41) is 20.2. The second kappa shape index (κ2) is 9.49. The van der Waals surface area contributed by atoms with Crippen LogP contribution in [0.15, 0.2) is 24.3 Å². The lowest BCUT2D eigenvalue weighted by molar-refractivity contribution is -0.124. The van der Waals surface area contributed by atoms with Crippen LogP contribution in [0.4, 0.5) is 4.39 Å². The lowest BCUT2D eigenvalue weighted by Crippen LogP contribution is -2.45. The maximum Gasteiger partial charge on any atom is 0.222 e. The maximum atomic E-state index is 12.9. The van der Waals surface area contributed by atoms with Crippen molar-refractivity contribution in [2.24, 2.45) is 0 Å². The highest BCUT2D eigenvalue weighted by atomic mass is 19.1. The van der Waals surface area contributed by atoms with E-state index in [4.69, 9.17) is 9.47 Å². The first-order chi connectivity index (χ1) is 14.1. The molecule has 0 unspecified atom stereocenters. The van der Waals surface area contributed by atoms with Gasteiger partial charge in [0.05, 0.1) is 24.7 Å². The Balaban J connectivity index is 1.18. The predicted octanol–water partition coefficient (Wildman–Crippen LogP) is 0.459. The molecule has 0 spiro atoms. The smallest absolute Gasteiger partial charge is 0.222 e. The number of piperidine rings is 1. The highest BCUT2D eigenvalue weighted by molar-refractivity contribution is 5.76. The fourth-order valence-electron chi connectivity index (χ4n) is 4.40. The molecule has 4 N–H and O–H groups in total. The third-order valence-corrected chi connectivity index (χ3v) is 6.04. The highest BCUT2D eigenvalue weighted by Gasteiger charge is 2.50. The molecular weight excluding hydrogens is 377 g/mol. The van der Waals surface area contributed by atoms with Gasteiger partial charge < -0.3 is 30.5 Å². The van der Waals surface area contributed by atoms with Gasteiger partial charge in [0.25, 0.3) is 0 Å². The number of halogens is 1. The van der Waals surface area contributed by atoms with E-state index >= 15 is 0 Å². The van der Waals surface area contributed by atoms with Crippen molar-refractivity contribution in [1.82, 2.24) is 16.0 Å². The van der Waals surface area contributed by atoms with E-state index < -0.39 is 6.10 Å². The van der Waals surface area contributed by atoms with Crippen molar-refractivity contribution in [3.63, 3.8) is 0 Å². The standard InChI is InChI=1S/C21H30FN3O4/c22-14-3-1-13(2-4-14)11-25-19(26)10-16-9-17-21(28-16)20(27)18(29-17)12-24-15-5-7-23-8-6-15/h1-4,15-18,20-21,23-24,27H,5-12H2,(H,25,26)/t16-,17-,18-,20-,21+/m1/s1. The third kappa shape index (κ3) is 5.32. The molecular formula is C21H30FN3O4. The van der Waals surface area contributed by atoms with E-state index in [0.717, 1.165) is 31.5 Å². The number of hydrogen-bond acceptors (Lipinski definition) is 6. The molecule has 8 heteroatoms. The van der Waals surface area contributed by atoms with Gasteiger partial charge in [-0.05, 0) is 43.6 Å². The molecule has 1 aromatic rings. The first-order valence-corrected chi connectivity index (χ1v) is 10.5. The summed E-state index contributed by atoms with van der Waals surface area (Å²) < 4.78 is 24.9. The average molecular weight is 407 g/mol. The van der Waals surface area contributed by atoms with Crippen molar-refractivity contribution >= 4 is 5.91 Å². The number of aliphatic hydroxyl groups is 1. The Hall–Kier alpha value is -1.58. The predicted molar refractivity (Wildman–Crippen MR) is 105 cm³/mol. The Bertz CT molecular complexity index is 683. The van der Waals surface area contributed by atoms with Gasteiger partial charge in [0.1, 0.15) is 18.0 Å². The molecule has 0 radical (unpaired) electrons. The molecule has 1 amide bonds. The number of carbonyl (C=O) groups is 1. The van der Waals surface area contributed by atoms with Crippen LogP contribution in [0.1, 0.15) is 31.2 Å². The van der Waals surface area contributed by atoms with Gasteiger partial charge in [-0.3, -0.25) is 4.79 Å². The minimum atomic E-state index is -0.679. The van der Waals surface area contributed by atoms with E-state index in [0.29, 0.717) is 25.6 Å². The van der Waals surface area contributed by atoms with Crippen LogP contribution < -0.4 is 16.0 Å². The molecule has 7 nitrogen and oxygen atoms in total. The number of benzene rings is 1. The number of carbonyl (C=O) groups excluding carboxylic acids is 1. The zero-order chi connectivity index (χ0) is 20.2. The zero-order valence-electron chi connectivity index (χ0n) is 16.5. The molecule has 3 fully saturated rings. The topological polar surface area (TPSA) is 91.9 Å². The molecule has 29 heavy (non-hydrogen) atoms. The lowest BCUT2D eigenvalue weighted by Gasteiger charge is -2.26. The molecule has 0 bridgehead atoms. The van der Waals surface area contributed by atoms with Crippen molar-refractivity contribution < 1.29 is 23.8 Å². The second-order valence-electron chi connectivity index (χ2n) is 8.20. The van der Waals surface area contributed by atoms with Crippen LogP contribution in [-0.2, 0) is 20.8 Å². The average Bonchev–Trinajstić information content (AvgIpc) is 3.25. The van der Waals surface area contributed by atoms with Crippen LogP contribution in [0.25, 0.3) is 0 Å². The van der Waals surface area contributed by atoms with Gasteiger partial charge >= 0.3 is 0 Å². The van der Waals surface area contributed by atoms with Gasteiger partial charge in [-0.1, -0.05) is 12.1 Å². The molecule has 3 aliphatic rings. The Labute approximate surface area is 170 Å². The van der Waals surface area contributed by atoms with Crippen molar-refractivity contribution in [3.8, 4) is 0 Å². The van der Waals surface area contributed by atoms with E-state index in [-0.39, 0.29) is 42.6 Å². The summed E-state index contributed by atoms with van der Waals surface area (Å²) in [7, 11) is 0. The van der Waals surface area contributed by atoms with E-state index in [9.17, 15) is 14.3 Å². The highest BCUT2D eigenvalue weighted by Crippen LogP contribution is 2.35. The molecule has 3 saturated heterocycles. The van der Waals surface area contributed by atoms with Crippen molar-refractivity contribution in [2.75, 3.05) is 19.6 Å². The van der Waals surface area contributed by atoms with Crippen LogP contribution in [0, 0.1) is 5.82 Å². The number of nitrogens with one attached hydrogen (secondary N) is 3. The fourth-order valence-corrected chi connectivity index (χ4v) is 4.40. The van der Waals surface area contributed by atoms with Gasteiger partial charge in [0.15, 0.2) is 0 Å². The Morgan fingerprint density at radius 1 is 1.21 bits per heavy atom. The summed E-state index contributed by atoms with van der Waals surface area (Å²) in [6.07, 6.45) is 1.26. The van der Waals surface area contributed by atoms with Crippen LogP contribution >= 0.6 is 0 Å². The normalized spacial score (nSPS) is 32.3. The van der Waals surface area contributed by atoms with E-state index in [2.05, 4.69) is 16.0 Å². The second-order valence-corrected chi connectivity index (χ2v) is 8.20. The van der Waals surface area contributed by atoms with Crippen molar-refractivity contribution in [1.29, 1.82) is 0 Å². The summed E-state index contributed by atoms with van der Waals surface area (Å²) in [5.41, 5.74) is 0.840. The zero-order valence-corrected chi connectivity index (χ0v) is 16.5. The van der Waals surface area contributed by atoms with Gasteiger partial charge in [0.2, 0.25) is 5.91 Å². The molecule has 3 aliphatic heterocycles. The van der Waals surface area contributed by atoms with Crippen molar-refractivity contribution in [3.05, 3.63) is 35.6 Å². The van der Waals surface area contributed by atoms with Crippen LogP contribution in [-0.4, -0.2) is 67.2 Å². The minimum Gasteiger partial charge on any atom is -0.388 e. The number of hydrogen-bond donors (Lipinski definition) is 4. The van der Waals surface area contributed by atoms with Gasteiger partial charge in [-0.25, -0.2) is 4.39 Å². The minimum absolute atomic E-state index is 0.127. The van der Waals surface area contributed by atoms with E-state index in [1.54, 1.807) is 12.1 Å². The lowest BCUT2D eigenvalue weighted by atomic mass is 10.0. The molecule has 160 valence electrons. The van der Waals surface area contributed by atoms with E-state index in [1.807, 2.05) is 0 Å². The number of rotatable bonds is 7. The molecule has 0 saturated carbocycles. The molecule has 1 aromatic carbocycles. The summed E-state index contributed by atoms with van der Waals surface area (Å²) in [5.74, 6) is -0.424. The summed E-state index contributed by atoms with van der Waals surface area (Å²) >= 11 is 0. The van der Waals surface area contributed by atoms with Crippen molar-refractivity contribution in [2.45, 2.75) is 68.8 Å². The molecule has 0 aromatic heterocycles. The quantitative estimate of drug-likeness (QED) is 0.525. The molecule has 3 heterocycles. The van der Waals surface area contributed by atoms with Crippen LogP contribution in [0.5, 0.6) is 0 Å². The third-order valence-electron chi connectivity index (χ3n) is 6.04. The first kappa shape index (κ1) is 20.7. The molecule has 5 atom stereocenters. The monoisotopic (exact) mass is 407 g/mol. The number of ether oxygens (including phenoxy) is 2. The molecule has 4 rings (SSSR count). The Kier molecular flexibility index (Phi) is 6.77. The first-order valence-electron chi connectivity index (χ1n) is 10.5. The van der Waals surface area contributed by atoms with Gasteiger partial charge in [-0.2, -0.15) is 0 Å². The number of amides is 1. The summed E-state index contributed by atoms with van der Waals surface area (Å²) in [6.45, 7) is 3.00. The summed E-state index contributed by atoms with van der Waals surface area (Å²) in [4.78, 5) is 12.2.